The molecule has 6 nitrogen and oxygen atoms in total. The quantitative estimate of drug-likeness (QED) is 0.649. The number of carbonyl (C=O) groups excluding carboxylic acids is 1. The van der Waals surface area contributed by atoms with Gasteiger partial charge < -0.3 is 5.32 Å². The Bertz CT molecular complexity index is 916. The molecule has 1 heterocycles. The number of anilines is 1. The van der Waals surface area contributed by atoms with E-state index in [4.69, 9.17) is 0 Å². The summed E-state index contributed by atoms with van der Waals surface area (Å²) in [5.41, 5.74) is 0.400. The third-order valence-corrected chi connectivity index (χ3v) is 4.97. The van der Waals surface area contributed by atoms with Gasteiger partial charge >= 0.3 is 0 Å². The van der Waals surface area contributed by atoms with Crippen LogP contribution in [0.3, 0.4) is 0 Å². The number of carbonyl (C=O) groups is 1. The molecule has 0 radical (unpaired) electrons. The first kappa shape index (κ1) is 17.2. The Morgan fingerprint density at radius 1 is 1.08 bits per heavy atom. The van der Waals surface area contributed by atoms with E-state index in [1.807, 2.05) is 54.6 Å². The van der Waals surface area contributed by atoms with Crippen molar-refractivity contribution in [3.63, 3.8) is 0 Å². The first-order valence-electron chi connectivity index (χ1n) is 7.37. The van der Waals surface area contributed by atoms with Crippen LogP contribution in [0.1, 0.15) is 0 Å². The number of H-pyrrole nitrogens is 1. The van der Waals surface area contributed by atoms with Crippen molar-refractivity contribution >= 4 is 35.1 Å². The first-order chi connectivity index (χ1) is 12.2. The number of rotatable bonds is 6. The normalized spacial score (nSPS) is 10.4. The zero-order valence-corrected chi connectivity index (χ0v) is 14.6. The summed E-state index contributed by atoms with van der Waals surface area (Å²) in [5.74, 6) is -0.0588. The van der Waals surface area contributed by atoms with Crippen LogP contribution in [-0.4, -0.2) is 26.8 Å². The molecule has 0 spiro atoms. The fourth-order valence-corrected chi connectivity index (χ4v) is 3.50. The summed E-state index contributed by atoms with van der Waals surface area (Å²) >= 11 is 2.71. The maximum absolute atomic E-state index is 12.2. The van der Waals surface area contributed by atoms with Crippen LogP contribution in [0.15, 0.2) is 80.5 Å². The van der Waals surface area contributed by atoms with Gasteiger partial charge in [-0.3, -0.25) is 14.6 Å². The van der Waals surface area contributed by atoms with Gasteiger partial charge in [0.25, 0.3) is 5.56 Å². The van der Waals surface area contributed by atoms with Gasteiger partial charge in [0.05, 0.1) is 11.4 Å². The fraction of sp³-hybridized carbons (Fsp3) is 0.0588. The Hall–Kier alpha value is -2.58. The highest BCUT2D eigenvalue weighted by Gasteiger charge is 2.09. The minimum atomic E-state index is -0.345. The van der Waals surface area contributed by atoms with Crippen LogP contribution in [0, 0.1) is 0 Å². The molecule has 2 aromatic carbocycles. The van der Waals surface area contributed by atoms with E-state index in [2.05, 4.69) is 20.5 Å². The van der Waals surface area contributed by atoms with Crippen molar-refractivity contribution < 1.29 is 4.79 Å². The maximum atomic E-state index is 12.2. The predicted molar refractivity (Wildman–Crippen MR) is 99.0 cm³/mol. The second-order valence-corrected chi connectivity index (χ2v) is 6.97. The molecule has 0 saturated carbocycles. The van der Waals surface area contributed by atoms with Gasteiger partial charge in [-0.05, 0) is 24.3 Å². The van der Waals surface area contributed by atoms with E-state index in [1.165, 1.54) is 0 Å². The summed E-state index contributed by atoms with van der Waals surface area (Å²) in [6.45, 7) is 0. The molecule has 0 aliphatic carbocycles. The van der Waals surface area contributed by atoms with Crippen LogP contribution >= 0.6 is 23.5 Å². The Morgan fingerprint density at radius 2 is 1.84 bits per heavy atom. The summed E-state index contributed by atoms with van der Waals surface area (Å²) in [4.78, 5) is 27.9. The summed E-state index contributed by atoms with van der Waals surface area (Å²) < 4.78 is 0. The number of nitrogens with one attached hydrogen (secondary N) is 2. The number of hydrogen-bond donors (Lipinski definition) is 2. The van der Waals surface area contributed by atoms with Crippen LogP contribution in [0.4, 0.5) is 5.69 Å². The summed E-state index contributed by atoms with van der Waals surface area (Å²) in [6.07, 6.45) is 1.08. The first-order valence-corrected chi connectivity index (χ1v) is 9.17. The third kappa shape index (κ3) is 5.20. The molecule has 1 aromatic heterocycles. The molecule has 25 heavy (non-hydrogen) atoms. The standard InChI is InChI=1S/C17H14N4O2S2/c22-15-10-18-21-17(20-15)24-11-16(23)19-13-8-4-5-9-14(13)25-12-6-2-1-3-7-12/h1-10H,11H2,(H,19,23)(H,20,21,22). The maximum Gasteiger partial charge on any atom is 0.270 e. The molecule has 3 aromatic rings. The van der Waals surface area contributed by atoms with Gasteiger partial charge in [0.15, 0.2) is 5.16 Å². The SMILES string of the molecule is O=C(CSc1nncc(=O)[nH]1)Nc1ccccc1Sc1ccccc1. The van der Waals surface area contributed by atoms with Crippen molar-refractivity contribution in [2.75, 3.05) is 11.1 Å². The van der Waals surface area contributed by atoms with Crippen LogP contribution in [0.2, 0.25) is 0 Å². The zero-order valence-electron chi connectivity index (χ0n) is 13.0. The number of benzene rings is 2. The number of hydrogen-bond acceptors (Lipinski definition) is 6. The lowest BCUT2D eigenvalue weighted by Gasteiger charge is -2.10. The lowest BCUT2D eigenvalue weighted by Crippen LogP contribution is -2.16. The number of aromatic nitrogens is 3. The van der Waals surface area contributed by atoms with Gasteiger partial charge in [0.1, 0.15) is 6.20 Å². The largest absolute Gasteiger partial charge is 0.324 e. The molecular formula is C17H14N4O2S2. The molecule has 8 heteroatoms. The van der Waals surface area contributed by atoms with Crippen molar-refractivity contribution in [1.29, 1.82) is 0 Å². The molecule has 126 valence electrons. The molecule has 0 unspecified atom stereocenters. The van der Waals surface area contributed by atoms with Crippen molar-refractivity contribution in [3.8, 4) is 0 Å². The fourth-order valence-electron chi connectivity index (χ4n) is 1.96. The lowest BCUT2D eigenvalue weighted by molar-refractivity contribution is -0.113. The minimum absolute atomic E-state index is 0.124. The predicted octanol–water partition coefficient (Wildman–Crippen LogP) is 3.05. The van der Waals surface area contributed by atoms with Crippen LogP contribution < -0.4 is 10.9 Å². The monoisotopic (exact) mass is 370 g/mol. The van der Waals surface area contributed by atoms with Crippen LogP contribution in [0.5, 0.6) is 0 Å². The van der Waals surface area contributed by atoms with Crippen LogP contribution in [0.25, 0.3) is 0 Å². The lowest BCUT2D eigenvalue weighted by atomic mass is 10.3. The Labute approximate surface area is 152 Å². The number of nitrogens with zero attached hydrogens (tertiary/aromatic N) is 2. The number of aromatic amines is 1. The molecule has 0 fully saturated rings. The van der Waals surface area contributed by atoms with Gasteiger partial charge in [0, 0.05) is 9.79 Å². The number of amides is 1. The smallest absolute Gasteiger partial charge is 0.270 e. The van der Waals surface area contributed by atoms with Gasteiger partial charge in [-0.15, -0.1) is 5.10 Å². The zero-order chi connectivity index (χ0) is 17.5. The van der Waals surface area contributed by atoms with Crippen molar-refractivity contribution in [2.45, 2.75) is 14.9 Å². The van der Waals surface area contributed by atoms with E-state index in [0.29, 0.717) is 5.16 Å². The molecule has 0 atom stereocenters. The summed E-state index contributed by atoms with van der Waals surface area (Å²) in [6, 6.07) is 17.6. The minimum Gasteiger partial charge on any atom is -0.324 e. The Kier molecular flexibility index (Phi) is 5.86. The second-order valence-electron chi connectivity index (χ2n) is 4.89. The molecular weight excluding hydrogens is 356 g/mol. The third-order valence-electron chi connectivity index (χ3n) is 3.03. The average molecular weight is 370 g/mol. The van der Waals surface area contributed by atoms with E-state index < -0.39 is 0 Å². The summed E-state index contributed by atoms with van der Waals surface area (Å²) in [7, 11) is 0. The molecule has 0 saturated heterocycles. The molecule has 3 rings (SSSR count). The van der Waals surface area contributed by atoms with E-state index in [-0.39, 0.29) is 17.2 Å². The molecule has 0 bridgehead atoms. The Balaban J connectivity index is 1.64. The second kappa shape index (κ2) is 8.50. The van der Waals surface area contributed by atoms with Gasteiger partial charge in [-0.25, -0.2) is 0 Å². The highest BCUT2D eigenvalue weighted by atomic mass is 32.2. The van der Waals surface area contributed by atoms with Crippen molar-refractivity contribution in [3.05, 3.63) is 71.1 Å². The molecule has 0 aliphatic rings. The average Bonchev–Trinajstić information content (AvgIpc) is 2.63. The van der Waals surface area contributed by atoms with E-state index >= 15 is 0 Å². The van der Waals surface area contributed by atoms with E-state index in [1.54, 1.807) is 11.8 Å². The van der Waals surface area contributed by atoms with Gasteiger partial charge in [-0.2, -0.15) is 5.10 Å². The topological polar surface area (TPSA) is 87.7 Å². The molecule has 2 N–H and O–H groups in total. The van der Waals surface area contributed by atoms with Crippen molar-refractivity contribution in [2.24, 2.45) is 0 Å². The number of thioether (sulfide) groups is 1. The van der Waals surface area contributed by atoms with Crippen molar-refractivity contribution in [1.82, 2.24) is 15.2 Å². The van der Waals surface area contributed by atoms with E-state index in [0.717, 1.165) is 33.4 Å². The number of para-hydroxylation sites is 1. The van der Waals surface area contributed by atoms with E-state index in [9.17, 15) is 9.59 Å². The summed E-state index contributed by atoms with van der Waals surface area (Å²) in [5, 5.41) is 10.5. The molecule has 0 aliphatic heterocycles. The highest BCUT2D eigenvalue weighted by molar-refractivity contribution is 8.00. The Morgan fingerprint density at radius 3 is 2.64 bits per heavy atom. The van der Waals surface area contributed by atoms with Gasteiger partial charge in [-0.1, -0.05) is 53.9 Å². The molecule has 1 amide bonds. The van der Waals surface area contributed by atoms with Gasteiger partial charge in [0.2, 0.25) is 5.91 Å². The highest BCUT2D eigenvalue weighted by Crippen LogP contribution is 2.33. The van der Waals surface area contributed by atoms with Crippen LogP contribution in [-0.2, 0) is 4.79 Å².